The van der Waals surface area contributed by atoms with Crippen molar-refractivity contribution < 1.29 is 9.50 Å². The molecule has 1 nitrogen and oxygen atoms in total. The fourth-order valence-electron chi connectivity index (χ4n) is 1.53. The second kappa shape index (κ2) is 5.65. The van der Waals surface area contributed by atoms with E-state index in [1.165, 1.54) is 6.07 Å². The molecule has 0 aliphatic rings. The molecule has 0 saturated carbocycles. The monoisotopic (exact) mass is 382 g/mol. The van der Waals surface area contributed by atoms with E-state index >= 15 is 0 Å². The van der Waals surface area contributed by atoms with Crippen molar-refractivity contribution in [3.63, 3.8) is 0 Å². The van der Waals surface area contributed by atoms with Gasteiger partial charge in [0, 0.05) is 6.42 Å². The molecule has 5 heteroatoms. The van der Waals surface area contributed by atoms with Crippen molar-refractivity contribution in [3.8, 4) is 0 Å². The van der Waals surface area contributed by atoms with Gasteiger partial charge in [0.05, 0.1) is 14.0 Å². The molecule has 0 amide bonds. The zero-order valence-corrected chi connectivity index (χ0v) is 12.4. The molecular formula is C12H9ClFIOS. The summed E-state index contributed by atoms with van der Waals surface area (Å²) in [6.45, 7) is 0. The molecule has 2 rings (SSSR count). The third kappa shape index (κ3) is 3.19. The van der Waals surface area contributed by atoms with Crippen molar-refractivity contribution in [1.82, 2.24) is 0 Å². The maximum absolute atomic E-state index is 13.2. The first-order valence-corrected chi connectivity index (χ1v) is 7.26. The van der Waals surface area contributed by atoms with Gasteiger partial charge in [-0.2, -0.15) is 0 Å². The minimum atomic E-state index is -0.644. The van der Waals surface area contributed by atoms with Crippen LogP contribution in [0.1, 0.15) is 17.2 Å². The van der Waals surface area contributed by atoms with Crippen molar-refractivity contribution >= 4 is 45.5 Å². The van der Waals surface area contributed by atoms with Crippen LogP contribution in [0.5, 0.6) is 0 Å². The van der Waals surface area contributed by atoms with Crippen LogP contribution in [0.25, 0.3) is 0 Å². The van der Waals surface area contributed by atoms with E-state index < -0.39 is 11.9 Å². The maximum atomic E-state index is 13.2. The van der Waals surface area contributed by atoms with Crippen molar-refractivity contribution in [2.24, 2.45) is 0 Å². The Balaban J connectivity index is 2.18. The average molecular weight is 383 g/mol. The van der Waals surface area contributed by atoms with Gasteiger partial charge in [0.25, 0.3) is 0 Å². The topological polar surface area (TPSA) is 20.2 Å². The fraction of sp³-hybridized carbons (Fsp3) is 0.167. The molecule has 1 atom stereocenters. The van der Waals surface area contributed by atoms with Crippen LogP contribution >= 0.6 is 45.5 Å². The molecule has 1 N–H and O–H groups in total. The number of aliphatic hydroxyl groups excluding tert-OH is 1. The summed E-state index contributed by atoms with van der Waals surface area (Å²) in [6, 6.07) is 6.56. The van der Waals surface area contributed by atoms with Crippen molar-refractivity contribution in [2.75, 3.05) is 0 Å². The van der Waals surface area contributed by atoms with Crippen LogP contribution in [-0.4, -0.2) is 5.11 Å². The summed E-state index contributed by atoms with van der Waals surface area (Å²) in [7, 11) is 0. The van der Waals surface area contributed by atoms with E-state index in [1.807, 2.05) is 11.4 Å². The first-order chi connectivity index (χ1) is 8.08. The Morgan fingerprint density at radius 2 is 2.24 bits per heavy atom. The SMILES string of the molecule is OC(Cc1cccc(F)c1Cl)c1csc(I)c1. The van der Waals surface area contributed by atoms with Gasteiger partial charge in [0.2, 0.25) is 0 Å². The third-order valence-electron chi connectivity index (χ3n) is 2.42. The molecule has 1 heterocycles. The number of hydrogen-bond acceptors (Lipinski definition) is 2. The number of halogens is 3. The normalized spacial score (nSPS) is 12.7. The zero-order chi connectivity index (χ0) is 12.4. The lowest BCUT2D eigenvalue weighted by atomic mass is 10.0. The summed E-state index contributed by atoms with van der Waals surface area (Å²) in [5.41, 5.74) is 1.47. The number of thiophene rings is 1. The quantitative estimate of drug-likeness (QED) is 0.779. The average Bonchev–Trinajstić information content (AvgIpc) is 2.72. The zero-order valence-electron chi connectivity index (χ0n) is 8.66. The van der Waals surface area contributed by atoms with Gasteiger partial charge in [0.1, 0.15) is 5.82 Å². The second-order valence-corrected chi connectivity index (χ2v) is 6.80. The molecule has 0 fully saturated rings. The fourth-order valence-corrected chi connectivity index (χ4v) is 3.15. The molecule has 1 aromatic heterocycles. The largest absolute Gasteiger partial charge is 0.388 e. The molecule has 0 aliphatic heterocycles. The minimum absolute atomic E-state index is 0.0940. The van der Waals surface area contributed by atoms with E-state index in [9.17, 15) is 9.50 Å². The Hall–Kier alpha value is -0.170. The Morgan fingerprint density at radius 3 is 2.88 bits per heavy atom. The first-order valence-electron chi connectivity index (χ1n) is 4.93. The van der Waals surface area contributed by atoms with Crippen molar-refractivity contribution in [1.29, 1.82) is 0 Å². The molecule has 0 spiro atoms. The molecule has 90 valence electrons. The molecule has 2 aromatic rings. The highest BCUT2D eigenvalue weighted by atomic mass is 127. The number of aliphatic hydroxyl groups is 1. The van der Waals surface area contributed by atoms with E-state index in [1.54, 1.807) is 23.5 Å². The van der Waals surface area contributed by atoms with Gasteiger partial charge >= 0.3 is 0 Å². The first kappa shape index (κ1) is 13.3. The van der Waals surface area contributed by atoms with E-state index in [-0.39, 0.29) is 5.02 Å². The Bertz CT molecular complexity index is 529. The van der Waals surface area contributed by atoms with Crippen molar-refractivity contribution in [3.05, 3.63) is 54.5 Å². The van der Waals surface area contributed by atoms with Gasteiger partial charge < -0.3 is 5.11 Å². The molecular weight excluding hydrogens is 374 g/mol. The lowest BCUT2D eigenvalue weighted by molar-refractivity contribution is 0.179. The number of rotatable bonds is 3. The summed E-state index contributed by atoms with van der Waals surface area (Å²) < 4.78 is 14.3. The van der Waals surface area contributed by atoms with Gasteiger partial charge in [0.15, 0.2) is 0 Å². The smallest absolute Gasteiger partial charge is 0.142 e. The second-order valence-electron chi connectivity index (χ2n) is 3.62. The Morgan fingerprint density at radius 1 is 1.47 bits per heavy atom. The standard InChI is InChI=1S/C12H9ClFIOS/c13-12-7(2-1-3-9(12)14)4-10(16)8-5-11(15)17-6-8/h1-3,5-6,10,16H,4H2. The summed E-state index contributed by atoms with van der Waals surface area (Å²) in [5, 5.41) is 12.0. The molecule has 0 radical (unpaired) electrons. The van der Waals surface area contributed by atoms with E-state index in [2.05, 4.69) is 22.6 Å². The highest BCUT2D eigenvalue weighted by Crippen LogP contribution is 2.28. The van der Waals surface area contributed by atoms with Crippen LogP contribution in [0.4, 0.5) is 4.39 Å². The molecule has 0 bridgehead atoms. The third-order valence-corrected chi connectivity index (χ3v) is 4.65. The summed E-state index contributed by atoms with van der Waals surface area (Å²) in [4.78, 5) is 0. The summed E-state index contributed by atoms with van der Waals surface area (Å²) >= 11 is 9.61. The van der Waals surface area contributed by atoms with Gasteiger partial charge in [-0.3, -0.25) is 0 Å². The Kier molecular flexibility index (Phi) is 4.41. The van der Waals surface area contributed by atoms with Gasteiger partial charge in [-0.1, -0.05) is 23.7 Å². The van der Waals surface area contributed by atoms with Crippen LogP contribution in [0.3, 0.4) is 0 Å². The van der Waals surface area contributed by atoms with Crippen LogP contribution in [-0.2, 0) is 6.42 Å². The van der Waals surface area contributed by atoms with Gasteiger partial charge in [-0.25, -0.2) is 4.39 Å². The molecule has 0 aliphatic carbocycles. The molecule has 17 heavy (non-hydrogen) atoms. The van der Waals surface area contributed by atoms with E-state index in [0.717, 1.165) is 8.45 Å². The Labute approximate surface area is 121 Å². The highest BCUT2D eigenvalue weighted by molar-refractivity contribution is 14.1. The molecule has 1 aromatic carbocycles. The van der Waals surface area contributed by atoms with Crippen LogP contribution in [0, 0.1) is 8.70 Å². The molecule has 1 unspecified atom stereocenters. The molecule has 0 saturated heterocycles. The maximum Gasteiger partial charge on any atom is 0.142 e. The van der Waals surface area contributed by atoms with Crippen LogP contribution in [0.15, 0.2) is 29.6 Å². The van der Waals surface area contributed by atoms with Gasteiger partial charge in [-0.15, -0.1) is 11.3 Å². The van der Waals surface area contributed by atoms with Crippen molar-refractivity contribution in [2.45, 2.75) is 12.5 Å². The summed E-state index contributed by atoms with van der Waals surface area (Å²) in [6.07, 6.45) is -0.322. The lowest BCUT2D eigenvalue weighted by Crippen LogP contribution is -2.01. The van der Waals surface area contributed by atoms with Crippen LogP contribution in [0.2, 0.25) is 5.02 Å². The van der Waals surface area contributed by atoms with E-state index in [4.69, 9.17) is 11.6 Å². The van der Waals surface area contributed by atoms with Gasteiger partial charge in [-0.05, 0) is 51.2 Å². The predicted molar refractivity (Wildman–Crippen MR) is 77.1 cm³/mol. The summed E-state index contributed by atoms with van der Waals surface area (Å²) in [5.74, 6) is -0.448. The van der Waals surface area contributed by atoms with Crippen LogP contribution < -0.4 is 0 Å². The van der Waals surface area contributed by atoms with E-state index in [0.29, 0.717) is 12.0 Å². The number of hydrogen-bond donors (Lipinski definition) is 1. The lowest BCUT2D eigenvalue weighted by Gasteiger charge is -2.10. The predicted octanol–water partition coefficient (Wildman–Crippen LogP) is 4.42. The highest BCUT2D eigenvalue weighted by Gasteiger charge is 2.14. The minimum Gasteiger partial charge on any atom is -0.388 e. The number of benzene rings is 1.